The molecule has 0 radical (unpaired) electrons. The number of amides is 1. The lowest BCUT2D eigenvalue weighted by Crippen LogP contribution is -2.45. The van der Waals surface area contributed by atoms with Gasteiger partial charge in [0, 0.05) is 31.6 Å². The number of likely N-dealkylation sites (tertiary alicyclic amines) is 1. The van der Waals surface area contributed by atoms with Gasteiger partial charge in [0.05, 0.1) is 24.3 Å². The predicted molar refractivity (Wildman–Crippen MR) is 105 cm³/mol. The van der Waals surface area contributed by atoms with E-state index in [1.165, 1.54) is 4.68 Å². The molecule has 1 unspecified atom stereocenters. The number of hydrogen-bond acceptors (Lipinski definition) is 6. The van der Waals surface area contributed by atoms with Gasteiger partial charge in [-0.25, -0.2) is 4.68 Å². The van der Waals surface area contributed by atoms with Crippen LogP contribution in [-0.4, -0.2) is 50.7 Å². The summed E-state index contributed by atoms with van der Waals surface area (Å²) in [7, 11) is 0. The number of ether oxygens (including phenoxy) is 1. The predicted octanol–water partition coefficient (Wildman–Crippen LogP) is 1.61. The maximum Gasteiger partial charge on any atom is 0.310 e. The summed E-state index contributed by atoms with van der Waals surface area (Å²) in [5.74, 6) is -0.142. The van der Waals surface area contributed by atoms with Crippen LogP contribution in [0.3, 0.4) is 0 Å². The summed E-state index contributed by atoms with van der Waals surface area (Å²) in [5.41, 5.74) is 1.48. The zero-order valence-corrected chi connectivity index (χ0v) is 16.6. The largest absolute Gasteiger partial charge is 0.466 e. The van der Waals surface area contributed by atoms with Gasteiger partial charge in [0.2, 0.25) is 5.91 Å². The first-order chi connectivity index (χ1) is 14.0. The highest BCUT2D eigenvalue weighted by molar-refractivity contribution is 5.82. The van der Waals surface area contributed by atoms with E-state index in [0.717, 1.165) is 11.9 Å². The molecular weight excluding hydrogens is 376 g/mol. The Labute approximate surface area is 166 Å². The summed E-state index contributed by atoms with van der Waals surface area (Å²) in [6.07, 6.45) is 3.60. The summed E-state index contributed by atoms with van der Waals surface area (Å²) in [6, 6.07) is 3.47. The van der Waals surface area contributed by atoms with Crippen molar-refractivity contribution in [3.8, 4) is 0 Å². The molecule has 0 saturated carbocycles. The van der Waals surface area contributed by atoms with Gasteiger partial charge >= 0.3 is 5.97 Å². The molecule has 1 atom stereocenters. The van der Waals surface area contributed by atoms with Gasteiger partial charge < -0.3 is 14.1 Å². The fraction of sp³-hybridized carbons (Fsp3) is 0.500. The first kappa shape index (κ1) is 19.2. The van der Waals surface area contributed by atoms with E-state index in [1.54, 1.807) is 34.6 Å². The molecule has 1 aliphatic rings. The van der Waals surface area contributed by atoms with E-state index < -0.39 is 0 Å². The topological polar surface area (TPSA) is 99.1 Å². The molecule has 29 heavy (non-hydrogen) atoms. The maximum absolute atomic E-state index is 12.9. The Balaban J connectivity index is 1.60. The van der Waals surface area contributed by atoms with E-state index in [0.29, 0.717) is 49.5 Å². The number of furan rings is 1. The van der Waals surface area contributed by atoms with E-state index in [9.17, 15) is 14.4 Å². The number of carbonyl (C=O) groups excluding carboxylic acids is 2. The molecule has 4 heterocycles. The monoisotopic (exact) mass is 400 g/mol. The molecule has 9 nitrogen and oxygen atoms in total. The smallest absolute Gasteiger partial charge is 0.310 e. The highest BCUT2D eigenvalue weighted by atomic mass is 16.5. The van der Waals surface area contributed by atoms with Crippen LogP contribution >= 0.6 is 0 Å². The van der Waals surface area contributed by atoms with Crippen LogP contribution in [0, 0.1) is 5.92 Å². The number of rotatable bonds is 5. The van der Waals surface area contributed by atoms with Gasteiger partial charge in [0.15, 0.2) is 5.58 Å². The van der Waals surface area contributed by atoms with Crippen molar-refractivity contribution in [3.05, 3.63) is 34.6 Å². The van der Waals surface area contributed by atoms with E-state index >= 15 is 0 Å². The molecule has 9 heteroatoms. The van der Waals surface area contributed by atoms with Gasteiger partial charge in [-0.15, -0.1) is 0 Å². The van der Waals surface area contributed by atoms with Crippen LogP contribution < -0.4 is 5.56 Å². The number of carbonyl (C=O) groups is 2. The van der Waals surface area contributed by atoms with Crippen LogP contribution in [-0.2, 0) is 27.3 Å². The molecule has 0 aromatic carbocycles. The number of hydrogen-bond donors (Lipinski definition) is 0. The Morgan fingerprint density at radius 1 is 1.31 bits per heavy atom. The molecule has 1 saturated heterocycles. The first-order valence-electron chi connectivity index (χ1n) is 9.96. The van der Waals surface area contributed by atoms with Crippen molar-refractivity contribution in [3.63, 3.8) is 0 Å². The van der Waals surface area contributed by atoms with E-state index in [-0.39, 0.29) is 29.9 Å². The van der Waals surface area contributed by atoms with Gasteiger partial charge in [-0.3, -0.25) is 18.8 Å². The molecule has 0 aliphatic carbocycles. The van der Waals surface area contributed by atoms with Crippen LogP contribution in [0.1, 0.15) is 32.5 Å². The van der Waals surface area contributed by atoms with Gasteiger partial charge in [-0.2, -0.15) is 5.10 Å². The van der Waals surface area contributed by atoms with Crippen LogP contribution in [0.25, 0.3) is 16.6 Å². The number of aryl methyl sites for hydroxylation is 1. The molecule has 0 bridgehead atoms. The lowest BCUT2D eigenvalue weighted by atomic mass is 9.98. The molecule has 0 N–H and O–H groups in total. The molecule has 3 aromatic rings. The molecule has 1 fully saturated rings. The minimum absolute atomic E-state index is 0.162. The van der Waals surface area contributed by atoms with Crippen LogP contribution in [0.2, 0.25) is 0 Å². The number of nitrogens with zero attached hydrogens (tertiary/aromatic N) is 4. The third-order valence-corrected chi connectivity index (χ3v) is 5.37. The third kappa shape index (κ3) is 3.41. The van der Waals surface area contributed by atoms with E-state index in [2.05, 4.69) is 5.10 Å². The van der Waals surface area contributed by atoms with Crippen LogP contribution in [0.5, 0.6) is 0 Å². The molecule has 4 rings (SSSR count). The molecule has 1 amide bonds. The van der Waals surface area contributed by atoms with Crippen LogP contribution in [0.15, 0.2) is 27.6 Å². The number of aromatic nitrogens is 3. The second kappa shape index (κ2) is 7.73. The summed E-state index contributed by atoms with van der Waals surface area (Å²) in [5, 5.41) is 4.43. The Kier molecular flexibility index (Phi) is 5.12. The lowest BCUT2D eigenvalue weighted by molar-refractivity contribution is -0.151. The summed E-state index contributed by atoms with van der Waals surface area (Å²) in [4.78, 5) is 39.4. The van der Waals surface area contributed by atoms with E-state index in [1.807, 2.05) is 6.92 Å². The van der Waals surface area contributed by atoms with Gasteiger partial charge in [-0.1, -0.05) is 6.92 Å². The lowest BCUT2D eigenvalue weighted by Gasteiger charge is -2.31. The number of piperidine rings is 1. The highest BCUT2D eigenvalue weighted by Gasteiger charge is 2.30. The summed E-state index contributed by atoms with van der Waals surface area (Å²) < 4.78 is 13.5. The molecular formula is C20H24N4O5. The number of esters is 1. The molecule has 154 valence electrons. The van der Waals surface area contributed by atoms with Gasteiger partial charge in [0.25, 0.3) is 5.56 Å². The minimum atomic E-state index is -0.346. The Morgan fingerprint density at radius 2 is 2.14 bits per heavy atom. The number of fused-ring (bicyclic) bond motifs is 3. The zero-order chi connectivity index (χ0) is 20.5. The molecule has 0 spiro atoms. The maximum atomic E-state index is 12.9. The highest BCUT2D eigenvalue weighted by Crippen LogP contribution is 2.21. The van der Waals surface area contributed by atoms with Gasteiger partial charge in [0.1, 0.15) is 17.9 Å². The van der Waals surface area contributed by atoms with Crippen molar-refractivity contribution < 1.29 is 18.7 Å². The zero-order valence-electron chi connectivity index (χ0n) is 16.6. The second-order valence-electron chi connectivity index (χ2n) is 7.20. The van der Waals surface area contributed by atoms with Crippen molar-refractivity contribution in [2.45, 2.75) is 39.7 Å². The quantitative estimate of drug-likeness (QED) is 0.604. The van der Waals surface area contributed by atoms with E-state index in [4.69, 9.17) is 9.15 Å². The van der Waals surface area contributed by atoms with Crippen molar-refractivity contribution in [2.75, 3.05) is 19.7 Å². The first-order valence-corrected chi connectivity index (χ1v) is 9.96. The van der Waals surface area contributed by atoms with Crippen LogP contribution in [0.4, 0.5) is 0 Å². The Bertz CT molecular complexity index is 1130. The molecule has 3 aromatic heterocycles. The van der Waals surface area contributed by atoms with Crippen molar-refractivity contribution in [1.29, 1.82) is 0 Å². The second-order valence-corrected chi connectivity index (χ2v) is 7.20. The fourth-order valence-electron chi connectivity index (χ4n) is 3.94. The van der Waals surface area contributed by atoms with Gasteiger partial charge in [-0.05, 0) is 19.8 Å². The summed E-state index contributed by atoms with van der Waals surface area (Å²) in [6.45, 7) is 4.74. The fourth-order valence-corrected chi connectivity index (χ4v) is 3.94. The standard InChI is InChI=1S/C20H24N4O5/c1-3-17-21-23(19(26)15-10-16-14(24(15)17)7-9-29-16)12-18(25)22-8-5-6-13(11-22)20(27)28-4-2/h7,9-10,13H,3-6,8,11-12H2,1-2H3. The van der Waals surface area contributed by atoms with Crippen molar-refractivity contribution >= 4 is 28.5 Å². The third-order valence-electron chi connectivity index (χ3n) is 5.37. The normalized spacial score (nSPS) is 17.2. The minimum Gasteiger partial charge on any atom is -0.466 e. The molecule has 1 aliphatic heterocycles. The van der Waals surface area contributed by atoms with Crippen molar-refractivity contribution in [2.24, 2.45) is 5.92 Å². The Hall–Kier alpha value is -3.10. The average Bonchev–Trinajstić information content (AvgIpc) is 3.32. The SMILES string of the molecule is CCOC(=O)C1CCCN(C(=O)Cn2nc(CC)n3c(cc4occc43)c2=O)C1. The van der Waals surface area contributed by atoms with Crippen molar-refractivity contribution in [1.82, 2.24) is 19.1 Å². The summed E-state index contributed by atoms with van der Waals surface area (Å²) >= 11 is 0. The Morgan fingerprint density at radius 3 is 2.90 bits per heavy atom. The average molecular weight is 400 g/mol.